The number of aromatic nitrogens is 1. The van der Waals surface area contributed by atoms with Gasteiger partial charge in [0.1, 0.15) is 5.82 Å². The summed E-state index contributed by atoms with van der Waals surface area (Å²) in [5, 5.41) is 0. The Bertz CT molecular complexity index is 383. The van der Waals surface area contributed by atoms with Crippen molar-refractivity contribution in [3.63, 3.8) is 0 Å². The second-order valence-electron chi connectivity index (χ2n) is 4.19. The summed E-state index contributed by atoms with van der Waals surface area (Å²) in [7, 11) is 1.75. The number of carbonyl (C=O) groups is 1. The van der Waals surface area contributed by atoms with Gasteiger partial charge in [-0.15, -0.1) is 0 Å². The van der Waals surface area contributed by atoms with Gasteiger partial charge in [0, 0.05) is 26.4 Å². The number of hydrogen-bond acceptors (Lipinski definition) is 4. The van der Waals surface area contributed by atoms with Crippen molar-refractivity contribution in [2.75, 3.05) is 25.1 Å². The van der Waals surface area contributed by atoms with Gasteiger partial charge in [-0.2, -0.15) is 0 Å². The van der Waals surface area contributed by atoms with Gasteiger partial charge in [0.2, 0.25) is 5.91 Å². The molecule has 1 aromatic rings. The normalized spacial score (nSPS) is 17.1. The van der Waals surface area contributed by atoms with Gasteiger partial charge in [-0.25, -0.2) is 4.98 Å². The van der Waals surface area contributed by atoms with E-state index in [0.717, 1.165) is 31.7 Å². The Labute approximate surface area is 101 Å². The van der Waals surface area contributed by atoms with Gasteiger partial charge in [0.25, 0.3) is 0 Å². The van der Waals surface area contributed by atoms with Gasteiger partial charge in [-0.05, 0) is 25.0 Å². The number of primary amides is 1. The van der Waals surface area contributed by atoms with Crippen LogP contribution in [-0.4, -0.2) is 37.2 Å². The number of rotatable bonds is 3. The van der Waals surface area contributed by atoms with Crippen LogP contribution in [0.5, 0.6) is 0 Å². The Hall–Kier alpha value is -1.62. The fraction of sp³-hybridized carbons (Fsp3) is 0.500. The van der Waals surface area contributed by atoms with Gasteiger partial charge in [0.05, 0.1) is 11.7 Å². The molecule has 5 heteroatoms. The van der Waals surface area contributed by atoms with Crippen molar-refractivity contribution in [3.8, 4) is 0 Å². The molecule has 2 heterocycles. The molecule has 0 unspecified atom stereocenters. The van der Waals surface area contributed by atoms with Crippen molar-refractivity contribution in [1.29, 1.82) is 0 Å². The number of anilines is 1. The van der Waals surface area contributed by atoms with Crippen LogP contribution in [0.1, 0.15) is 23.2 Å². The number of nitrogens with two attached hydrogens (primary N) is 1. The summed E-state index contributed by atoms with van der Waals surface area (Å²) in [5.41, 5.74) is 5.61. The average molecular weight is 235 g/mol. The molecular weight excluding hydrogens is 218 g/mol. The van der Waals surface area contributed by atoms with E-state index in [-0.39, 0.29) is 0 Å². The quantitative estimate of drug-likeness (QED) is 0.841. The molecule has 0 radical (unpaired) electrons. The number of pyridine rings is 1. The van der Waals surface area contributed by atoms with Crippen LogP contribution in [0.25, 0.3) is 0 Å². The molecule has 2 N–H and O–H groups in total. The predicted molar refractivity (Wildman–Crippen MR) is 65.0 cm³/mol. The standard InChI is InChI=1S/C12H17N3O2/c1-17-10-4-6-15(7-5-10)11-3-2-9(8-14-11)12(13)16/h2-3,8,10H,4-7H2,1H3,(H2,13,16). The summed E-state index contributed by atoms with van der Waals surface area (Å²) in [4.78, 5) is 17.4. The van der Waals surface area contributed by atoms with Crippen LogP contribution in [-0.2, 0) is 4.74 Å². The molecule has 1 amide bonds. The highest BCUT2D eigenvalue weighted by Gasteiger charge is 2.19. The number of amides is 1. The van der Waals surface area contributed by atoms with Crippen LogP contribution in [0.3, 0.4) is 0 Å². The van der Waals surface area contributed by atoms with Gasteiger partial charge in [0.15, 0.2) is 0 Å². The molecule has 1 aliphatic heterocycles. The highest BCUT2D eigenvalue weighted by molar-refractivity contribution is 5.92. The van der Waals surface area contributed by atoms with Crippen LogP contribution in [0.2, 0.25) is 0 Å². The van der Waals surface area contributed by atoms with E-state index in [1.807, 2.05) is 6.07 Å². The number of nitrogens with zero attached hydrogens (tertiary/aromatic N) is 2. The van der Waals surface area contributed by atoms with E-state index in [9.17, 15) is 4.79 Å². The summed E-state index contributed by atoms with van der Waals surface area (Å²) < 4.78 is 5.32. The zero-order chi connectivity index (χ0) is 12.3. The maximum atomic E-state index is 10.9. The molecule has 92 valence electrons. The molecule has 1 aromatic heterocycles. The molecule has 0 aromatic carbocycles. The molecule has 0 atom stereocenters. The second-order valence-corrected chi connectivity index (χ2v) is 4.19. The molecule has 0 saturated carbocycles. The molecule has 0 bridgehead atoms. The lowest BCUT2D eigenvalue weighted by atomic mass is 10.1. The van der Waals surface area contributed by atoms with Gasteiger partial charge in [-0.3, -0.25) is 4.79 Å². The van der Waals surface area contributed by atoms with Crippen LogP contribution in [0.4, 0.5) is 5.82 Å². The predicted octanol–water partition coefficient (Wildman–Crippen LogP) is 0.796. The maximum absolute atomic E-state index is 10.9. The zero-order valence-electron chi connectivity index (χ0n) is 9.93. The summed E-state index contributed by atoms with van der Waals surface area (Å²) >= 11 is 0. The molecule has 0 aliphatic carbocycles. The van der Waals surface area contributed by atoms with Crippen molar-refractivity contribution in [2.24, 2.45) is 5.73 Å². The van der Waals surface area contributed by atoms with E-state index >= 15 is 0 Å². The van der Waals surface area contributed by atoms with Crippen molar-refractivity contribution < 1.29 is 9.53 Å². The summed E-state index contributed by atoms with van der Waals surface area (Å²) in [6, 6.07) is 3.56. The minimum absolute atomic E-state index is 0.358. The van der Waals surface area contributed by atoms with Crippen LogP contribution in [0.15, 0.2) is 18.3 Å². The van der Waals surface area contributed by atoms with Gasteiger partial charge in [-0.1, -0.05) is 0 Å². The Morgan fingerprint density at radius 1 is 1.47 bits per heavy atom. The van der Waals surface area contributed by atoms with E-state index in [1.54, 1.807) is 13.2 Å². The monoisotopic (exact) mass is 235 g/mol. The smallest absolute Gasteiger partial charge is 0.250 e. The van der Waals surface area contributed by atoms with E-state index in [2.05, 4.69) is 9.88 Å². The SMILES string of the molecule is COC1CCN(c2ccc(C(N)=O)cn2)CC1. The Balaban J connectivity index is 2.01. The molecular formula is C12H17N3O2. The molecule has 1 saturated heterocycles. The minimum atomic E-state index is -0.442. The van der Waals surface area contributed by atoms with Crippen molar-refractivity contribution >= 4 is 11.7 Å². The van der Waals surface area contributed by atoms with E-state index < -0.39 is 5.91 Å². The molecule has 17 heavy (non-hydrogen) atoms. The third-order valence-corrected chi connectivity index (χ3v) is 3.13. The lowest BCUT2D eigenvalue weighted by Crippen LogP contribution is -2.37. The van der Waals surface area contributed by atoms with E-state index in [0.29, 0.717) is 11.7 Å². The third kappa shape index (κ3) is 2.74. The van der Waals surface area contributed by atoms with E-state index in [1.165, 1.54) is 6.20 Å². The highest BCUT2D eigenvalue weighted by atomic mass is 16.5. The zero-order valence-corrected chi connectivity index (χ0v) is 9.93. The highest BCUT2D eigenvalue weighted by Crippen LogP contribution is 2.19. The molecule has 2 rings (SSSR count). The first-order valence-corrected chi connectivity index (χ1v) is 5.74. The lowest BCUT2D eigenvalue weighted by molar-refractivity contribution is 0.0818. The average Bonchev–Trinajstić information content (AvgIpc) is 2.39. The molecule has 5 nitrogen and oxygen atoms in total. The number of piperidine rings is 1. The summed E-state index contributed by atoms with van der Waals surface area (Å²) in [5.74, 6) is 0.451. The first kappa shape index (κ1) is 11.9. The van der Waals surface area contributed by atoms with Gasteiger partial charge >= 0.3 is 0 Å². The second kappa shape index (κ2) is 5.14. The summed E-state index contributed by atoms with van der Waals surface area (Å²) in [6.07, 6.45) is 3.90. The largest absolute Gasteiger partial charge is 0.381 e. The first-order valence-electron chi connectivity index (χ1n) is 5.74. The molecule has 0 spiro atoms. The fourth-order valence-electron chi connectivity index (χ4n) is 2.04. The molecule has 1 aliphatic rings. The van der Waals surface area contributed by atoms with Crippen LogP contribution < -0.4 is 10.6 Å². The number of carbonyl (C=O) groups excluding carboxylic acids is 1. The molecule has 1 fully saturated rings. The van der Waals surface area contributed by atoms with Crippen molar-refractivity contribution in [3.05, 3.63) is 23.9 Å². The van der Waals surface area contributed by atoms with Gasteiger partial charge < -0.3 is 15.4 Å². The third-order valence-electron chi connectivity index (χ3n) is 3.13. The van der Waals surface area contributed by atoms with Crippen LogP contribution >= 0.6 is 0 Å². The minimum Gasteiger partial charge on any atom is -0.381 e. The number of ether oxygens (including phenoxy) is 1. The topological polar surface area (TPSA) is 68.5 Å². The Morgan fingerprint density at radius 2 is 2.18 bits per heavy atom. The lowest BCUT2D eigenvalue weighted by Gasteiger charge is -2.32. The first-order chi connectivity index (χ1) is 8.20. The summed E-state index contributed by atoms with van der Waals surface area (Å²) in [6.45, 7) is 1.86. The van der Waals surface area contributed by atoms with Crippen molar-refractivity contribution in [1.82, 2.24) is 4.98 Å². The van der Waals surface area contributed by atoms with Crippen molar-refractivity contribution in [2.45, 2.75) is 18.9 Å². The Morgan fingerprint density at radius 3 is 2.65 bits per heavy atom. The van der Waals surface area contributed by atoms with Crippen LogP contribution in [0, 0.1) is 0 Å². The fourth-order valence-corrected chi connectivity index (χ4v) is 2.04. The number of methoxy groups -OCH3 is 1. The maximum Gasteiger partial charge on any atom is 0.250 e. The number of hydrogen-bond donors (Lipinski definition) is 1. The Kier molecular flexibility index (Phi) is 3.58. The van der Waals surface area contributed by atoms with E-state index in [4.69, 9.17) is 10.5 Å².